The number of hydrogen-bond acceptors (Lipinski definition) is 9. The number of carbonyl (C=O) groups excluding carboxylic acids is 2. The van der Waals surface area contributed by atoms with E-state index in [0.29, 0.717) is 28.3 Å². The lowest BCUT2D eigenvalue weighted by atomic mass is 10.1. The second-order valence-electron chi connectivity index (χ2n) is 8.24. The second-order valence-corrected chi connectivity index (χ2v) is 10.9. The second kappa shape index (κ2) is 14.5. The Morgan fingerprint density at radius 1 is 1.03 bits per heavy atom. The quantitative estimate of drug-likeness (QED) is 0.127. The highest BCUT2D eigenvalue weighted by Gasteiger charge is 2.16. The summed E-state index contributed by atoms with van der Waals surface area (Å²) in [6.07, 6.45) is 10.9. The van der Waals surface area contributed by atoms with Gasteiger partial charge in [0.2, 0.25) is 5.91 Å². The van der Waals surface area contributed by atoms with Gasteiger partial charge >= 0.3 is 5.97 Å². The fourth-order valence-electron chi connectivity index (χ4n) is 3.76. The first kappa shape index (κ1) is 28.4. The summed E-state index contributed by atoms with van der Waals surface area (Å²) in [7, 11) is 1.35. The molecule has 194 valence electrons. The third kappa shape index (κ3) is 7.91. The molecule has 3 aromatic rings. The number of carbonyl (C=O) groups is 2. The molecule has 1 N–H and O–H groups in total. The van der Waals surface area contributed by atoms with Crippen molar-refractivity contribution in [1.82, 2.24) is 9.97 Å². The highest BCUT2D eigenvalue weighted by molar-refractivity contribution is 7.99. The van der Waals surface area contributed by atoms with Crippen LogP contribution in [0.4, 0.5) is 5.69 Å². The molecular formula is C26H33N3O4S3. The molecule has 0 radical (unpaired) electrons. The van der Waals surface area contributed by atoms with E-state index in [1.165, 1.54) is 7.11 Å². The maximum absolute atomic E-state index is 12.5. The average molecular weight is 548 g/mol. The third-order valence-electron chi connectivity index (χ3n) is 5.58. The Kier molecular flexibility index (Phi) is 11.5. The molecule has 0 atom stereocenters. The van der Waals surface area contributed by atoms with E-state index in [1.54, 1.807) is 47.4 Å². The van der Waals surface area contributed by atoms with Crippen LogP contribution in [-0.2, 0) is 9.53 Å². The van der Waals surface area contributed by atoms with Crippen LogP contribution < -0.4 is 5.32 Å². The standard InChI is InChI=1S/C26H33N3O4S3/c1-17-16-20(34-3)22(24(27-17)35-4)29-21(30)14-9-7-5-6-8-10-15-36-26-28-19-13-11-12-18(23(19)33-26)25(31)32-2/h11-13,16H,5-10,14-15H2,1-4H3,(H,29,30). The predicted octanol–water partition coefficient (Wildman–Crippen LogP) is 7.22. The molecule has 0 unspecified atom stereocenters. The van der Waals surface area contributed by atoms with Crippen LogP contribution in [0.2, 0.25) is 0 Å². The van der Waals surface area contributed by atoms with Gasteiger partial charge in [-0.05, 0) is 50.5 Å². The minimum absolute atomic E-state index is 0.0522. The summed E-state index contributed by atoms with van der Waals surface area (Å²) in [6.45, 7) is 1.97. The van der Waals surface area contributed by atoms with Gasteiger partial charge in [-0.2, -0.15) is 0 Å². The molecular weight excluding hydrogens is 515 g/mol. The van der Waals surface area contributed by atoms with Crippen molar-refractivity contribution in [2.24, 2.45) is 0 Å². The Morgan fingerprint density at radius 2 is 1.78 bits per heavy atom. The van der Waals surface area contributed by atoms with E-state index in [1.807, 2.05) is 31.6 Å². The van der Waals surface area contributed by atoms with Gasteiger partial charge in [0, 0.05) is 22.8 Å². The lowest BCUT2D eigenvalue weighted by Crippen LogP contribution is -2.13. The van der Waals surface area contributed by atoms with Crippen LogP contribution in [0.15, 0.2) is 43.8 Å². The number of pyridine rings is 1. The van der Waals surface area contributed by atoms with E-state index in [-0.39, 0.29) is 5.91 Å². The number of methoxy groups -OCH3 is 1. The molecule has 0 saturated heterocycles. The molecule has 10 heteroatoms. The molecule has 7 nitrogen and oxygen atoms in total. The Balaban J connectivity index is 1.31. The number of oxazole rings is 1. The zero-order valence-corrected chi connectivity index (χ0v) is 23.7. The van der Waals surface area contributed by atoms with Crippen LogP contribution in [0, 0.1) is 6.92 Å². The van der Waals surface area contributed by atoms with E-state index in [2.05, 4.69) is 15.3 Å². The largest absolute Gasteiger partial charge is 0.465 e. The number of thioether (sulfide) groups is 3. The predicted molar refractivity (Wildman–Crippen MR) is 150 cm³/mol. The van der Waals surface area contributed by atoms with Gasteiger partial charge in [0.25, 0.3) is 5.22 Å². The fraction of sp³-hybridized carbons (Fsp3) is 0.462. The van der Waals surface area contributed by atoms with Crippen LogP contribution in [0.5, 0.6) is 0 Å². The van der Waals surface area contributed by atoms with Crippen molar-refractivity contribution in [2.75, 3.05) is 30.7 Å². The maximum atomic E-state index is 12.5. The molecule has 2 aromatic heterocycles. The Bertz CT molecular complexity index is 1160. The monoisotopic (exact) mass is 547 g/mol. The summed E-state index contributed by atoms with van der Waals surface area (Å²) >= 11 is 4.74. The molecule has 1 aromatic carbocycles. The third-order valence-corrected chi connectivity index (χ3v) is 7.94. The number of nitrogens with zero attached hydrogens (tertiary/aromatic N) is 2. The first-order valence-corrected chi connectivity index (χ1v) is 15.4. The van der Waals surface area contributed by atoms with Crippen LogP contribution in [0.3, 0.4) is 0 Å². The molecule has 0 aliphatic heterocycles. The summed E-state index contributed by atoms with van der Waals surface area (Å²) in [5, 5.41) is 4.52. The van der Waals surface area contributed by atoms with Crippen molar-refractivity contribution < 1.29 is 18.7 Å². The molecule has 0 spiro atoms. The molecule has 1 amide bonds. The van der Waals surface area contributed by atoms with Crippen molar-refractivity contribution >= 4 is 63.9 Å². The number of ether oxygens (including phenoxy) is 1. The molecule has 36 heavy (non-hydrogen) atoms. The fourth-order valence-corrected chi connectivity index (χ4v) is 5.89. The summed E-state index contributed by atoms with van der Waals surface area (Å²) in [5.74, 6) is 0.534. The molecule has 0 saturated carbocycles. The Labute approximate surface area is 225 Å². The summed E-state index contributed by atoms with van der Waals surface area (Å²) in [6, 6.07) is 7.30. The van der Waals surface area contributed by atoms with Crippen molar-refractivity contribution in [1.29, 1.82) is 0 Å². The molecule has 3 rings (SSSR count). The Hall–Kier alpha value is -2.17. The zero-order chi connectivity index (χ0) is 25.9. The molecule has 2 heterocycles. The first-order chi connectivity index (χ1) is 17.5. The van der Waals surface area contributed by atoms with Crippen LogP contribution in [0.1, 0.15) is 61.0 Å². The number of aromatic nitrogens is 2. The van der Waals surface area contributed by atoms with Crippen molar-refractivity contribution in [3.8, 4) is 0 Å². The van der Waals surface area contributed by atoms with Gasteiger partial charge in [-0.25, -0.2) is 14.8 Å². The topological polar surface area (TPSA) is 94.3 Å². The lowest BCUT2D eigenvalue weighted by Gasteiger charge is -2.14. The molecule has 0 aliphatic rings. The van der Waals surface area contributed by atoms with E-state index in [9.17, 15) is 9.59 Å². The SMILES string of the molecule is COC(=O)c1cccc2nc(SCCCCCCCCC(=O)Nc3c(SC)cc(C)nc3SC)oc12. The number of rotatable bonds is 14. The van der Waals surface area contributed by atoms with E-state index in [4.69, 9.17) is 9.15 Å². The van der Waals surface area contributed by atoms with E-state index < -0.39 is 5.97 Å². The normalized spacial score (nSPS) is 11.1. The van der Waals surface area contributed by atoms with Gasteiger partial charge in [-0.3, -0.25) is 4.79 Å². The highest BCUT2D eigenvalue weighted by atomic mass is 32.2. The van der Waals surface area contributed by atoms with Crippen molar-refractivity contribution in [3.63, 3.8) is 0 Å². The smallest absolute Gasteiger partial charge is 0.341 e. The minimum atomic E-state index is -0.424. The van der Waals surface area contributed by atoms with Crippen LogP contribution in [0.25, 0.3) is 11.1 Å². The number of unbranched alkanes of at least 4 members (excludes halogenated alkanes) is 5. The van der Waals surface area contributed by atoms with E-state index in [0.717, 1.165) is 65.6 Å². The number of anilines is 1. The van der Waals surface area contributed by atoms with Gasteiger partial charge in [-0.15, -0.1) is 23.5 Å². The summed E-state index contributed by atoms with van der Waals surface area (Å²) < 4.78 is 10.6. The minimum Gasteiger partial charge on any atom is -0.465 e. The Morgan fingerprint density at radius 3 is 2.50 bits per heavy atom. The average Bonchev–Trinajstić information content (AvgIpc) is 3.30. The molecule has 0 aliphatic carbocycles. The summed E-state index contributed by atoms with van der Waals surface area (Å²) in [4.78, 5) is 34.4. The summed E-state index contributed by atoms with van der Waals surface area (Å²) in [5.41, 5.74) is 3.33. The van der Waals surface area contributed by atoms with Gasteiger partial charge in [0.15, 0.2) is 5.58 Å². The number of benzene rings is 1. The van der Waals surface area contributed by atoms with Gasteiger partial charge in [0.1, 0.15) is 16.1 Å². The number of hydrogen-bond donors (Lipinski definition) is 1. The maximum Gasteiger partial charge on any atom is 0.341 e. The number of fused-ring (bicyclic) bond motifs is 1. The first-order valence-electron chi connectivity index (χ1n) is 12.0. The number of nitrogens with one attached hydrogen (secondary N) is 1. The van der Waals surface area contributed by atoms with Crippen molar-refractivity contribution in [3.05, 3.63) is 35.5 Å². The number of amides is 1. The molecule has 0 fully saturated rings. The number of aryl methyl sites for hydroxylation is 1. The van der Waals surface area contributed by atoms with Gasteiger partial charge in [-0.1, -0.05) is 43.5 Å². The zero-order valence-electron chi connectivity index (χ0n) is 21.2. The van der Waals surface area contributed by atoms with Gasteiger partial charge < -0.3 is 14.5 Å². The molecule has 0 bridgehead atoms. The van der Waals surface area contributed by atoms with Gasteiger partial charge in [0.05, 0.1) is 12.8 Å². The lowest BCUT2D eigenvalue weighted by molar-refractivity contribution is -0.116. The van der Waals surface area contributed by atoms with Crippen LogP contribution >= 0.6 is 35.3 Å². The van der Waals surface area contributed by atoms with Crippen LogP contribution in [-0.4, -0.2) is 47.2 Å². The van der Waals surface area contributed by atoms with E-state index >= 15 is 0 Å². The number of para-hydroxylation sites is 1. The highest BCUT2D eigenvalue weighted by Crippen LogP contribution is 2.34. The number of esters is 1. The van der Waals surface area contributed by atoms with Crippen molar-refractivity contribution in [2.45, 2.75) is 67.0 Å².